The summed E-state index contributed by atoms with van der Waals surface area (Å²) in [5.74, 6) is -0.325. The van der Waals surface area contributed by atoms with E-state index in [1.54, 1.807) is 0 Å². The molecular formula is C46H92NO7P. The molecule has 0 aromatic rings. The molecule has 2 atom stereocenters. The molecule has 328 valence electrons. The van der Waals surface area contributed by atoms with Gasteiger partial charge in [0.1, 0.15) is 6.10 Å². The first-order valence-electron chi connectivity index (χ1n) is 23.7. The Morgan fingerprint density at radius 3 is 1.33 bits per heavy atom. The first-order chi connectivity index (χ1) is 26.9. The fourth-order valence-corrected chi connectivity index (χ4v) is 7.70. The summed E-state index contributed by atoms with van der Waals surface area (Å²) in [5.41, 5.74) is 5.38. The van der Waals surface area contributed by atoms with E-state index in [-0.39, 0.29) is 32.3 Å². The topological polar surface area (TPSA) is 117 Å². The van der Waals surface area contributed by atoms with Crippen molar-refractivity contribution < 1.29 is 32.8 Å². The normalized spacial score (nSPS) is 13.5. The van der Waals surface area contributed by atoms with E-state index in [0.29, 0.717) is 13.0 Å². The molecule has 0 radical (unpaired) electrons. The van der Waals surface area contributed by atoms with Gasteiger partial charge in [0.25, 0.3) is 0 Å². The highest BCUT2D eigenvalue weighted by Gasteiger charge is 2.25. The number of phosphoric acid groups is 1. The summed E-state index contributed by atoms with van der Waals surface area (Å²) < 4.78 is 33.5. The van der Waals surface area contributed by atoms with Gasteiger partial charge < -0.3 is 20.1 Å². The molecule has 0 aliphatic rings. The van der Waals surface area contributed by atoms with Crippen LogP contribution in [0, 0.1) is 0 Å². The molecule has 55 heavy (non-hydrogen) atoms. The number of rotatable bonds is 46. The van der Waals surface area contributed by atoms with Gasteiger partial charge in [-0.2, -0.15) is 0 Å². The van der Waals surface area contributed by atoms with Crippen molar-refractivity contribution in [2.75, 3.05) is 33.0 Å². The first kappa shape index (κ1) is 54.2. The van der Waals surface area contributed by atoms with Crippen molar-refractivity contribution in [1.82, 2.24) is 0 Å². The highest BCUT2D eigenvalue weighted by molar-refractivity contribution is 7.47. The van der Waals surface area contributed by atoms with Crippen LogP contribution in [0.15, 0.2) is 12.2 Å². The molecule has 0 aliphatic carbocycles. The summed E-state index contributed by atoms with van der Waals surface area (Å²) in [4.78, 5) is 22.5. The predicted molar refractivity (Wildman–Crippen MR) is 234 cm³/mol. The van der Waals surface area contributed by atoms with E-state index < -0.39 is 13.9 Å². The molecular weight excluding hydrogens is 709 g/mol. The fraction of sp³-hybridized carbons (Fsp3) is 0.935. The van der Waals surface area contributed by atoms with Gasteiger partial charge >= 0.3 is 13.8 Å². The molecule has 0 saturated carbocycles. The molecule has 3 N–H and O–H groups in total. The van der Waals surface area contributed by atoms with E-state index in [4.69, 9.17) is 24.3 Å². The van der Waals surface area contributed by atoms with E-state index >= 15 is 0 Å². The van der Waals surface area contributed by atoms with Crippen molar-refractivity contribution in [2.45, 2.75) is 245 Å². The average Bonchev–Trinajstić information content (AvgIpc) is 3.17. The van der Waals surface area contributed by atoms with Gasteiger partial charge in [-0.05, 0) is 38.5 Å². The quantitative estimate of drug-likeness (QED) is 0.0270. The number of esters is 1. The molecule has 8 nitrogen and oxygen atoms in total. The van der Waals surface area contributed by atoms with Crippen LogP contribution < -0.4 is 5.73 Å². The second-order valence-electron chi connectivity index (χ2n) is 16.0. The maximum Gasteiger partial charge on any atom is 0.472 e. The minimum Gasteiger partial charge on any atom is -0.457 e. The van der Waals surface area contributed by atoms with Crippen LogP contribution in [0.5, 0.6) is 0 Å². The lowest BCUT2D eigenvalue weighted by molar-refractivity contribution is -0.154. The van der Waals surface area contributed by atoms with Gasteiger partial charge in [-0.1, -0.05) is 206 Å². The van der Waals surface area contributed by atoms with E-state index in [2.05, 4.69) is 26.0 Å². The first-order valence-corrected chi connectivity index (χ1v) is 25.2. The van der Waals surface area contributed by atoms with Crippen molar-refractivity contribution in [3.63, 3.8) is 0 Å². The second-order valence-corrected chi connectivity index (χ2v) is 17.4. The second kappa shape index (κ2) is 44.3. The van der Waals surface area contributed by atoms with E-state index in [0.717, 1.165) is 32.1 Å². The largest absolute Gasteiger partial charge is 0.472 e. The summed E-state index contributed by atoms with van der Waals surface area (Å²) in [6, 6.07) is 0. The van der Waals surface area contributed by atoms with Gasteiger partial charge in [-0.3, -0.25) is 13.8 Å². The average molecular weight is 802 g/mol. The number of unbranched alkanes of at least 4 members (excludes halogenated alkanes) is 31. The molecule has 0 bridgehead atoms. The summed E-state index contributed by atoms with van der Waals surface area (Å²) in [6.45, 7) is 4.97. The van der Waals surface area contributed by atoms with Crippen LogP contribution in [0.2, 0.25) is 0 Å². The Morgan fingerprint density at radius 1 is 0.527 bits per heavy atom. The van der Waals surface area contributed by atoms with Crippen LogP contribution in [0.3, 0.4) is 0 Å². The molecule has 0 aromatic carbocycles. The molecule has 0 spiro atoms. The van der Waals surface area contributed by atoms with Gasteiger partial charge in [0.15, 0.2) is 0 Å². The zero-order valence-electron chi connectivity index (χ0n) is 36.4. The molecule has 0 heterocycles. The Labute approximate surface area is 341 Å². The van der Waals surface area contributed by atoms with Gasteiger partial charge in [0.2, 0.25) is 0 Å². The number of hydrogen-bond acceptors (Lipinski definition) is 7. The van der Waals surface area contributed by atoms with Crippen LogP contribution in [0.1, 0.15) is 239 Å². The Kier molecular flexibility index (Phi) is 43.7. The third kappa shape index (κ3) is 44.2. The van der Waals surface area contributed by atoms with E-state index in [1.165, 1.54) is 186 Å². The van der Waals surface area contributed by atoms with E-state index in [1.807, 2.05) is 0 Å². The van der Waals surface area contributed by atoms with Crippen LogP contribution in [-0.2, 0) is 27.9 Å². The summed E-state index contributed by atoms with van der Waals surface area (Å²) in [5, 5.41) is 0. The number of nitrogens with two attached hydrogens (primary N) is 1. The predicted octanol–water partition coefficient (Wildman–Crippen LogP) is 14.3. The highest BCUT2D eigenvalue weighted by atomic mass is 31.2. The monoisotopic (exact) mass is 802 g/mol. The third-order valence-electron chi connectivity index (χ3n) is 10.4. The minimum atomic E-state index is -4.27. The molecule has 0 saturated heterocycles. The third-order valence-corrected chi connectivity index (χ3v) is 11.4. The lowest BCUT2D eigenvalue weighted by atomic mass is 10.0. The maximum atomic E-state index is 12.6. The minimum absolute atomic E-state index is 0.0925. The standard InChI is InChI=1S/C46H92NO7P/c1-3-5-7-9-11-13-15-17-19-21-23-25-27-29-31-33-35-37-39-46(48)54-45(44-53-55(49,50)52-42-40-47)43-51-41-38-36-34-32-30-28-26-24-22-20-18-16-14-12-10-8-6-4-2/h18,20,45H,3-17,19,21-44,47H2,1-2H3,(H,49,50)/b20-18-. The van der Waals surface area contributed by atoms with Crippen molar-refractivity contribution in [2.24, 2.45) is 5.73 Å². The van der Waals surface area contributed by atoms with Crippen molar-refractivity contribution in [3.05, 3.63) is 12.2 Å². The Hall–Kier alpha value is -0.760. The molecule has 2 unspecified atom stereocenters. The number of allylic oxidation sites excluding steroid dienone is 2. The van der Waals surface area contributed by atoms with Crippen molar-refractivity contribution in [3.8, 4) is 0 Å². The smallest absolute Gasteiger partial charge is 0.457 e. The number of carbonyl (C=O) groups excluding carboxylic acids is 1. The molecule has 9 heteroatoms. The molecule has 0 amide bonds. The van der Waals surface area contributed by atoms with Crippen molar-refractivity contribution >= 4 is 13.8 Å². The van der Waals surface area contributed by atoms with Gasteiger partial charge in [-0.25, -0.2) is 4.57 Å². The SMILES string of the molecule is CCCCCCCC/C=C\CCCCCCCCCCOCC(COP(=O)(O)OCCN)OC(=O)CCCCCCCCCCCCCCCCCCCC. The summed E-state index contributed by atoms with van der Waals surface area (Å²) in [7, 11) is -4.27. The summed E-state index contributed by atoms with van der Waals surface area (Å²) >= 11 is 0. The number of phosphoric ester groups is 1. The van der Waals surface area contributed by atoms with Crippen molar-refractivity contribution in [1.29, 1.82) is 0 Å². The Bertz CT molecular complexity index is 858. The lowest BCUT2D eigenvalue weighted by Gasteiger charge is -2.20. The molecule has 0 rings (SSSR count). The van der Waals surface area contributed by atoms with Crippen LogP contribution in [-0.4, -0.2) is 49.9 Å². The maximum absolute atomic E-state index is 12.6. The van der Waals surface area contributed by atoms with E-state index in [9.17, 15) is 14.3 Å². The van der Waals surface area contributed by atoms with Crippen LogP contribution in [0.25, 0.3) is 0 Å². The van der Waals surface area contributed by atoms with Crippen LogP contribution >= 0.6 is 7.82 Å². The van der Waals surface area contributed by atoms with Gasteiger partial charge in [0.05, 0.1) is 19.8 Å². The summed E-state index contributed by atoms with van der Waals surface area (Å²) in [6.07, 6.45) is 48.0. The zero-order chi connectivity index (χ0) is 40.2. The number of hydrogen-bond donors (Lipinski definition) is 2. The zero-order valence-corrected chi connectivity index (χ0v) is 37.3. The highest BCUT2D eigenvalue weighted by Crippen LogP contribution is 2.43. The Balaban J connectivity index is 3.95. The van der Waals surface area contributed by atoms with Gasteiger partial charge in [-0.15, -0.1) is 0 Å². The Morgan fingerprint density at radius 2 is 0.909 bits per heavy atom. The molecule has 0 fully saturated rings. The molecule has 0 aromatic heterocycles. The number of ether oxygens (including phenoxy) is 2. The molecule has 0 aliphatic heterocycles. The number of carbonyl (C=O) groups is 1. The lowest BCUT2D eigenvalue weighted by Crippen LogP contribution is -2.28. The van der Waals surface area contributed by atoms with Crippen LogP contribution in [0.4, 0.5) is 0 Å². The van der Waals surface area contributed by atoms with Gasteiger partial charge in [0, 0.05) is 19.6 Å². The fourth-order valence-electron chi connectivity index (χ4n) is 6.93.